The van der Waals surface area contributed by atoms with Gasteiger partial charge in [-0.1, -0.05) is 12.1 Å². The fraction of sp³-hybridized carbons (Fsp3) is 0.312. The summed E-state index contributed by atoms with van der Waals surface area (Å²) in [5.41, 5.74) is 11.8. The number of anilines is 3. The van der Waals surface area contributed by atoms with Crippen LogP contribution < -0.4 is 11.1 Å². The number of hydrogen-bond acceptors (Lipinski definition) is 3. The highest BCUT2D eigenvalue weighted by atomic mass is 15.0. The number of nitrogens with one attached hydrogen (secondary N) is 1. The van der Waals surface area contributed by atoms with E-state index < -0.39 is 0 Å². The van der Waals surface area contributed by atoms with Gasteiger partial charge in [0.05, 0.1) is 0 Å². The zero-order valence-corrected chi connectivity index (χ0v) is 11.2. The van der Waals surface area contributed by atoms with Gasteiger partial charge in [-0.25, -0.2) is 4.98 Å². The molecule has 0 fully saturated rings. The van der Waals surface area contributed by atoms with Crippen LogP contribution in [0.1, 0.15) is 29.5 Å². The molecular formula is C16H19N3. The highest BCUT2D eigenvalue weighted by Gasteiger charge is 2.13. The van der Waals surface area contributed by atoms with E-state index in [0.717, 1.165) is 23.5 Å². The van der Waals surface area contributed by atoms with Gasteiger partial charge in [-0.3, -0.25) is 0 Å². The monoisotopic (exact) mass is 253 g/mol. The molecule has 3 nitrogen and oxygen atoms in total. The lowest BCUT2D eigenvalue weighted by molar-refractivity contribution is 0.687. The Bertz CT molecular complexity index is 605. The second kappa shape index (κ2) is 4.92. The van der Waals surface area contributed by atoms with E-state index in [2.05, 4.69) is 28.5 Å². The highest BCUT2D eigenvalue weighted by molar-refractivity contribution is 5.65. The van der Waals surface area contributed by atoms with Gasteiger partial charge in [0.15, 0.2) is 0 Å². The van der Waals surface area contributed by atoms with Crippen LogP contribution in [0.4, 0.5) is 17.2 Å². The number of nitrogens with two attached hydrogens (primary N) is 1. The van der Waals surface area contributed by atoms with Crippen molar-refractivity contribution in [1.29, 1.82) is 0 Å². The molecule has 19 heavy (non-hydrogen) atoms. The number of benzene rings is 1. The molecule has 3 heteroatoms. The molecule has 0 atom stereocenters. The maximum atomic E-state index is 5.93. The maximum absolute atomic E-state index is 5.93. The molecule has 1 aliphatic rings. The minimum absolute atomic E-state index is 0.780. The Balaban J connectivity index is 1.92. The van der Waals surface area contributed by atoms with Crippen LogP contribution in [0, 0.1) is 6.92 Å². The van der Waals surface area contributed by atoms with E-state index in [1.54, 1.807) is 0 Å². The lowest BCUT2D eigenvalue weighted by atomic mass is 9.90. The molecule has 0 bridgehead atoms. The van der Waals surface area contributed by atoms with Gasteiger partial charge in [-0.2, -0.15) is 0 Å². The number of pyridine rings is 1. The Morgan fingerprint density at radius 3 is 2.89 bits per heavy atom. The summed E-state index contributed by atoms with van der Waals surface area (Å²) in [6.45, 7) is 1.97. The Hall–Kier alpha value is -2.03. The molecule has 1 aromatic heterocycles. The zero-order valence-electron chi connectivity index (χ0n) is 11.2. The van der Waals surface area contributed by atoms with E-state index in [-0.39, 0.29) is 0 Å². The molecule has 0 aliphatic heterocycles. The minimum Gasteiger partial charge on any atom is -0.398 e. The molecular weight excluding hydrogens is 234 g/mol. The summed E-state index contributed by atoms with van der Waals surface area (Å²) in [5.74, 6) is 0.821. The predicted octanol–water partition coefficient (Wildman–Crippen LogP) is 3.59. The van der Waals surface area contributed by atoms with Gasteiger partial charge >= 0.3 is 0 Å². The van der Waals surface area contributed by atoms with Crippen LogP contribution in [-0.4, -0.2) is 4.98 Å². The maximum Gasteiger partial charge on any atom is 0.132 e. The molecule has 98 valence electrons. The number of rotatable bonds is 2. The van der Waals surface area contributed by atoms with Gasteiger partial charge in [-0.05, 0) is 55.4 Å². The fourth-order valence-electron chi connectivity index (χ4n) is 2.64. The summed E-state index contributed by atoms with van der Waals surface area (Å²) in [5, 5.41) is 3.41. The second-order valence-corrected chi connectivity index (χ2v) is 5.20. The van der Waals surface area contributed by atoms with Gasteiger partial charge in [0, 0.05) is 23.6 Å². The number of aryl methyl sites for hydroxylation is 2. The van der Waals surface area contributed by atoms with E-state index in [0.29, 0.717) is 0 Å². The van der Waals surface area contributed by atoms with Crippen LogP contribution >= 0.6 is 0 Å². The van der Waals surface area contributed by atoms with Crippen molar-refractivity contribution < 1.29 is 0 Å². The number of fused-ring (bicyclic) bond motifs is 1. The predicted molar refractivity (Wildman–Crippen MR) is 79.8 cm³/mol. The van der Waals surface area contributed by atoms with Crippen molar-refractivity contribution in [2.24, 2.45) is 0 Å². The van der Waals surface area contributed by atoms with E-state index in [4.69, 9.17) is 5.73 Å². The molecule has 0 spiro atoms. The Morgan fingerprint density at radius 1 is 1.21 bits per heavy atom. The Kier molecular flexibility index (Phi) is 3.11. The number of nitrogens with zero attached hydrogens (tertiary/aromatic N) is 1. The summed E-state index contributed by atoms with van der Waals surface area (Å²) in [6.07, 6.45) is 6.72. The normalized spacial score (nSPS) is 13.9. The number of nitrogen functional groups attached to an aromatic ring is 1. The number of hydrogen-bond donors (Lipinski definition) is 2. The van der Waals surface area contributed by atoms with Crippen molar-refractivity contribution in [3.8, 4) is 0 Å². The first-order valence-electron chi connectivity index (χ1n) is 6.84. The topological polar surface area (TPSA) is 50.9 Å². The molecule has 0 saturated carbocycles. The van der Waals surface area contributed by atoms with Crippen LogP contribution in [0.2, 0.25) is 0 Å². The average Bonchev–Trinajstić information content (AvgIpc) is 2.43. The molecule has 0 amide bonds. The van der Waals surface area contributed by atoms with E-state index >= 15 is 0 Å². The molecule has 3 rings (SSSR count). The Labute approximate surface area is 113 Å². The quantitative estimate of drug-likeness (QED) is 0.859. The SMILES string of the molecule is Cc1cnc(Nc2cccc3c2CCCC3)cc1N. The van der Waals surface area contributed by atoms with Gasteiger partial charge in [-0.15, -0.1) is 0 Å². The molecule has 2 aromatic rings. The molecule has 3 N–H and O–H groups in total. The summed E-state index contributed by atoms with van der Waals surface area (Å²) < 4.78 is 0. The molecule has 0 radical (unpaired) electrons. The standard InChI is InChI=1S/C16H19N3/c1-11-10-18-16(9-14(11)17)19-15-8-4-6-12-5-2-3-7-13(12)15/h4,6,8-10H,2-3,5,7H2,1H3,(H3,17,18,19). The van der Waals surface area contributed by atoms with Crippen molar-refractivity contribution in [2.45, 2.75) is 32.6 Å². The summed E-state index contributed by atoms with van der Waals surface area (Å²) in [6, 6.07) is 8.38. The molecule has 1 aliphatic carbocycles. The second-order valence-electron chi connectivity index (χ2n) is 5.20. The van der Waals surface area contributed by atoms with Crippen molar-refractivity contribution >= 4 is 17.2 Å². The third-order valence-electron chi connectivity index (χ3n) is 3.80. The van der Waals surface area contributed by atoms with E-state index in [1.165, 1.54) is 36.1 Å². The number of aromatic nitrogens is 1. The van der Waals surface area contributed by atoms with Crippen molar-refractivity contribution in [3.63, 3.8) is 0 Å². The summed E-state index contributed by atoms with van der Waals surface area (Å²) in [4.78, 5) is 4.39. The summed E-state index contributed by atoms with van der Waals surface area (Å²) in [7, 11) is 0. The summed E-state index contributed by atoms with van der Waals surface area (Å²) >= 11 is 0. The van der Waals surface area contributed by atoms with Gasteiger partial charge < -0.3 is 11.1 Å². The van der Waals surface area contributed by atoms with Crippen LogP contribution in [0.25, 0.3) is 0 Å². The third-order valence-corrected chi connectivity index (χ3v) is 3.80. The largest absolute Gasteiger partial charge is 0.398 e. The van der Waals surface area contributed by atoms with Gasteiger partial charge in [0.1, 0.15) is 5.82 Å². The van der Waals surface area contributed by atoms with Crippen LogP contribution in [-0.2, 0) is 12.8 Å². The first-order chi connectivity index (χ1) is 9.24. The Morgan fingerprint density at radius 2 is 2.05 bits per heavy atom. The van der Waals surface area contributed by atoms with Crippen molar-refractivity contribution in [3.05, 3.63) is 47.2 Å². The first-order valence-corrected chi connectivity index (χ1v) is 6.84. The van der Waals surface area contributed by atoms with Gasteiger partial charge in [0.25, 0.3) is 0 Å². The smallest absolute Gasteiger partial charge is 0.132 e. The van der Waals surface area contributed by atoms with E-state index in [9.17, 15) is 0 Å². The van der Waals surface area contributed by atoms with Crippen LogP contribution in [0.3, 0.4) is 0 Å². The zero-order chi connectivity index (χ0) is 13.2. The third kappa shape index (κ3) is 2.41. The van der Waals surface area contributed by atoms with E-state index in [1.807, 2.05) is 19.2 Å². The van der Waals surface area contributed by atoms with Crippen molar-refractivity contribution in [2.75, 3.05) is 11.1 Å². The highest BCUT2D eigenvalue weighted by Crippen LogP contribution is 2.29. The fourth-order valence-corrected chi connectivity index (χ4v) is 2.64. The molecule has 1 heterocycles. The molecule has 0 unspecified atom stereocenters. The van der Waals surface area contributed by atoms with Crippen molar-refractivity contribution in [1.82, 2.24) is 4.98 Å². The lowest BCUT2D eigenvalue weighted by Gasteiger charge is -2.20. The molecule has 1 aromatic carbocycles. The van der Waals surface area contributed by atoms with Gasteiger partial charge in [0.2, 0.25) is 0 Å². The van der Waals surface area contributed by atoms with Crippen LogP contribution in [0.15, 0.2) is 30.5 Å². The molecule has 0 saturated heterocycles. The lowest BCUT2D eigenvalue weighted by Crippen LogP contribution is -2.07. The average molecular weight is 253 g/mol. The minimum atomic E-state index is 0.780. The first kappa shape index (κ1) is 12.0. The van der Waals surface area contributed by atoms with Crippen LogP contribution in [0.5, 0.6) is 0 Å².